The summed E-state index contributed by atoms with van der Waals surface area (Å²) in [6.07, 6.45) is 8.31. The molecule has 3 unspecified atom stereocenters. The maximum absolute atomic E-state index is 13.0. The van der Waals surface area contributed by atoms with Gasteiger partial charge in [-0.1, -0.05) is 36.4 Å². The third-order valence-electron chi connectivity index (χ3n) is 8.52. The van der Waals surface area contributed by atoms with Crippen molar-refractivity contribution in [1.29, 1.82) is 0 Å². The van der Waals surface area contributed by atoms with Crippen molar-refractivity contribution in [2.75, 3.05) is 30.3 Å². The van der Waals surface area contributed by atoms with E-state index >= 15 is 0 Å². The van der Waals surface area contributed by atoms with Crippen molar-refractivity contribution in [3.63, 3.8) is 0 Å². The lowest BCUT2D eigenvalue weighted by Gasteiger charge is -2.43. The van der Waals surface area contributed by atoms with Gasteiger partial charge in [0, 0.05) is 31.0 Å². The SMILES string of the molecule is O=C1NS(=O)(=O)CCCCC(=O)C2CCC2CN2CC3(CC=Cc4ccccc43)COc3ccc1cc32. The van der Waals surface area contributed by atoms with Crippen LogP contribution in [0.2, 0.25) is 0 Å². The maximum Gasteiger partial charge on any atom is 0.264 e. The molecule has 2 aliphatic carbocycles. The van der Waals surface area contributed by atoms with Crippen LogP contribution in [0.3, 0.4) is 0 Å². The van der Waals surface area contributed by atoms with Gasteiger partial charge in [-0.2, -0.15) is 0 Å². The third-order valence-corrected chi connectivity index (χ3v) is 9.84. The van der Waals surface area contributed by atoms with Gasteiger partial charge in [-0.05, 0) is 67.3 Å². The third kappa shape index (κ3) is 4.56. The molecule has 3 atom stereocenters. The van der Waals surface area contributed by atoms with Crippen LogP contribution in [0.1, 0.15) is 60.0 Å². The summed E-state index contributed by atoms with van der Waals surface area (Å²) >= 11 is 0. The molecule has 7 nitrogen and oxygen atoms in total. The van der Waals surface area contributed by atoms with Gasteiger partial charge in [0.05, 0.1) is 23.5 Å². The molecule has 37 heavy (non-hydrogen) atoms. The number of amides is 1. The lowest BCUT2D eigenvalue weighted by atomic mass is 9.69. The van der Waals surface area contributed by atoms with Gasteiger partial charge in [-0.25, -0.2) is 13.1 Å². The van der Waals surface area contributed by atoms with Crippen LogP contribution in [0.5, 0.6) is 5.75 Å². The first-order valence-electron chi connectivity index (χ1n) is 13.2. The van der Waals surface area contributed by atoms with E-state index in [1.165, 1.54) is 11.1 Å². The number of carbonyl (C=O) groups is 2. The number of anilines is 1. The van der Waals surface area contributed by atoms with E-state index in [0.29, 0.717) is 44.7 Å². The summed E-state index contributed by atoms with van der Waals surface area (Å²) in [6.45, 7) is 1.87. The van der Waals surface area contributed by atoms with Crippen LogP contribution in [-0.2, 0) is 20.2 Å². The molecule has 0 saturated heterocycles. The van der Waals surface area contributed by atoms with Crippen LogP contribution in [0.25, 0.3) is 6.08 Å². The van der Waals surface area contributed by atoms with E-state index in [0.717, 1.165) is 24.9 Å². The number of carbonyl (C=O) groups excluding carboxylic acids is 2. The van der Waals surface area contributed by atoms with Crippen LogP contribution >= 0.6 is 0 Å². The minimum absolute atomic E-state index is 0.00628. The second kappa shape index (κ2) is 9.31. The zero-order valence-electron chi connectivity index (χ0n) is 20.8. The van der Waals surface area contributed by atoms with E-state index in [1.54, 1.807) is 18.2 Å². The van der Waals surface area contributed by atoms with Crippen molar-refractivity contribution in [2.45, 2.75) is 43.9 Å². The molecule has 1 N–H and O–H groups in total. The van der Waals surface area contributed by atoms with Crippen LogP contribution in [-0.4, -0.2) is 45.6 Å². The molecule has 1 amide bonds. The van der Waals surface area contributed by atoms with E-state index in [9.17, 15) is 18.0 Å². The summed E-state index contributed by atoms with van der Waals surface area (Å²) in [5.41, 5.74) is 3.21. The predicted molar refractivity (Wildman–Crippen MR) is 142 cm³/mol. The second-order valence-corrected chi connectivity index (χ2v) is 12.8. The molecule has 6 rings (SSSR count). The lowest BCUT2D eigenvalue weighted by molar-refractivity contribution is -0.127. The summed E-state index contributed by atoms with van der Waals surface area (Å²) in [6, 6.07) is 13.6. The van der Waals surface area contributed by atoms with Crippen molar-refractivity contribution in [3.05, 3.63) is 65.2 Å². The molecule has 1 fully saturated rings. The van der Waals surface area contributed by atoms with E-state index in [2.05, 4.69) is 40.0 Å². The number of hydrogen-bond donors (Lipinski definition) is 1. The highest BCUT2D eigenvalue weighted by atomic mass is 32.2. The molecule has 2 bridgehead atoms. The number of fused-ring (bicyclic) bond motifs is 4. The van der Waals surface area contributed by atoms with Crippen LogP contribution in [0.4, 0.5) is 5.69 Å². The topological polar surface area (TPSA) is 92.8 Å². The van der Waals surface area contributed by atoms with E-state index in [-0.39, 0.29) is 34.4 Å². The fourth-order valence-corrected chi connectivity index (χ4v) is 7.44. The van der Waals surface area contributed by atoms with Crippen LogP contribution < -0.4 is 14.4 Å². The van der Waals surface area contributed by atoms with Crippen molar-refractivity contribution in [1.82, 2.24) is 4.72 Å². The number of Topliss-reactive ketones (excluding diaryl/α,β-unsaturated/α-hetero) is 1. The van der Waals surface area contributed by atoms with Gasteiger partial charge in [0.1, 0.15) is 11.5 Å². The molecule has 2 heterocycles. The molecule has 4 aliphatic rings. The standard InChI is InChI=1S/C29H32N2O5S/c32-26-9-3-4-15-37(34,35)30-28(33)21-11-13-27-25(16-21)31(17-22-10-12-23(22)26)18-29(19-36-27)14-5-7-20-6-1-2-8-24(20)29/h1-2,5-8,11,13,16,22-23H,3-4,9-10,12,14-15,17-19H2,(H,30,33). The van der Waals surface area contributed by atoms with Gasteiger partial charge in [0.2, 0.25) is 10.0 Å². The largest absolute Gasteiger partial charge is 0.490 e. The van der Waals surface area contributed by atoms with Crippen LogP contribution in [0, 0.1) is 11.8 Å². The first kappa shape index (κ1) is 24.2. The number of benzene rings is 2. The van der Waals surface area contributed by atoms with E-state index in [1.807, 2.05) is 6.07 Å². The predicted octanol–water partition coefficient (Wildman–Crippen LogP) is 4.08. The highest BCUT2D eigenvalue weighted by molar-refractivity contribution is 7.90. The molecule has 1 saturated carbocycles. The van der Waals surface area contributed by atoms with Crippen molar-refractivity contribution >= 4 is 33.5 Å². The van der Waals surface area contributed by atoms with Crippen molar-refractivity contribution < 1.29 is 22.7 Å². The zero-order chi connectivity index (χ0) is 25.6. The smallest absolute Gasteiger partial charge is 0.264 e. The maximum atomic E-state index is 13.0. The summed E-state index contributed by atoms with van der Waals surface area (Å²) in [4.78, 5) is 28.3. The van der Waals surface area contributed by atoms with Crippen molar-refractivity contribution in [3.8, 4) is 5.75 Å². The quantitative estimate of drug-likeness (QED) is 0.563. The molecule has 194 valence electrons. The lowest BCUT2D eigenvalue weighted by Crippen LogP contribution is -2.48. The minimum Gasteiger partial charge on any atom is -0.490 e. The number of allylic oxidation sites excluding steroid dienone is 1. The number of sulfonamides is 1. The molecule has 0 radical (unpaired) electrons. The van der Waals surface area contributed by atoms with Gasteiger partial charge < -0.3 is 9.64 Å². The monoisotopic (exact) mass is 520 g/mol. The van der Waals surface area contributed by atoms with Gasteiger partial charge in [-0.15, -0.1) is 0 Å². The van der Waals surface area contributed by atoms with Crippen LogP contribution in [0.15, 0.2) is 48.5 Å². The molecular weight excluding hydrogens is 488 g/mol. The first-order chi connectivity index (χ1) is 17.8. The second-order valence-electron chi connectivity index (χ2n) is 10.9. The van der Waals surface area contributed by atoms with Gasteiger partial charge in [0.25, 0.3) is 5.91 Å². The Morgan fingerprint density at radius 1 is 1.05 bits per heavy atom. The number of ketones is 1. The average Bonchev–Trinajstić information content (AvgIpc) is 3.01. The highest BCUT2D eigenvalue weighted by Gasteiger charge is 2.43. The minimum atomic E-state index is -3.79. The molecule has 0 aromatic heterocycles. The summed E-state index contributed by atoms with van der Waals surface area (Å²) < 4.78 is 33.7. The zero-order valence-corrected chi connectivity index (χ0v) is 21.6. The highest BCUT2D eigenvalue weighted by Crippen LogP contribution is 2.45. The Morgan fingerprint density at radius 2 is 1.92 bits per heavy atom. The fraction of sp³-hybridized carbons (Fsp3) is 0.448. The molecule has 2 aromatic carbocycles. The number of hydrogen-bond acceptors (Lipinski definition) is 6. The molecular formula is C29H32N2O5S. The Morgan fingerprint density at radius 3 is 2.76 bits per heavy atom. The van der Waals surface area contributed by atoms with Crippen molar-refractivity contribution in [2.24, 2.45) is 11.8 Å². The van der Waals surface area contributed by atoms with Gasteiger partial charge in [0.15, 0.2) is 0 Å². The fourth-order valence-electron chi connectivity index (χ4n) is 6.36. The average molecular weight is 521 g/mol. The number of rotatable bonds is 0. The molecule has 2 aromatic rings. The Balaban J connectivity index is 1.42. The normalized spacial score (nSPS) is 28.9. The van der Waals surface area contributed by atoms with E-state index in [4.69, 9.17) is 4.74 Å². The Hall–Kier alpha value is -3.13. The summed E-state index contributed by atoms with van der Waals surface area (Å²) in [5, 5.41) is 0. The number of nitrogens with zero attached hydrogens (tertiary/aromatic N) is 1. The van der Waals surface area contributed by atoms with Gasteiger partial charge in [-0.3, -0.25) is 9.59 Å². The van der Waals surface area contributed by atoms with Gasteiger partial charge >= 0.3 is 0 Å². The number of nitrogens with one attached hydrogen (secondary N) is 1. The molecule has 1 spiro atoms. The summed E-state index contributed by atoms with van der Waals surface area (Å²) in [5.74, 6) is 0.335. The first-order valence-corrected chi connectivity index (χ1v) is 14.8. The Kier molecular flexibility index (Phi) is 6.10. The molecule has 2 aliphatic heterocycles. The van der Waals surface area contributed by atoms with E-state index < -0.39 is 15.9 Å². The summed E-state index contributed by atoms with van der Waals surface area (Å²) in [7, 11) is -3.79. The Labute approximate surface area is 217 Å². The molecule has 8 heteroatoms. The number of ether oxygens (including phenoxy) is 1. The Bertz CT molecular complexity index is 1380.